The molecule has 1 aliphatic heterocycles. The largest absolute Gasteiger partial charge is 0.415 e. The van der Waals surface area contributed by atoms with Crippen molar-refractivity contribution in [1.29, 1.82) is 0 Å². The average Bonchev–Trinajstić information content (AvgIpc) is 2.65. The van der Waals surface area contributed by atoms with Crippen molar-refractivity contribution in [2.75, 3.05) is 29.6 Å². The van der Waals surface area contributed by atoms with Gasteiger partial charge in [-0.3, -0.25) is 4.90 Å². The van der Waals surface area contributed by atoms with Gasteiger partial charge < -0.3 is 10.1 Å². The van der Waals surface area contributed by atoms with E-state index in [1.807, 2.05) is 38.1 Å². The van der Waals surface area contributed by atoms with Gasteiger partial charge in [-0.2, -0.15) is 8.78 Å². The second-order valence-corrected chi connectivity index (χ2v) is 8.99. The highest BCUT2D eigenvalue weighted by molar-refractivity contribution is 7.81. The number of aryl methyl sites for hydroxylation is 1. The summed E-state index contributed by atoms with van der Waals surface area (Å²) in [4.78, 5) is 18.9. The third-order valence-corrected chi connectivity index (χ3v) is 6.06. The molecule has 1 aromatic heterocycles. The molecule has 1 saturated heterocycles. The highest BCUT2D eigenvalue weighted by Gasteiger charge is 2.38. The second-order valence-electron chi connectivity index (χ2n) is 7.62. The molecule has 10 heteroatoms. The Kier molecular flexibility index (Phi) is 7.22. The number of benzene rings is 1. The highest BCUT2D eigenvalue weighted by Crippen LogP contribution is 2.33. The molecule has 0 bridgehead atoms. The van der Waals surface area contributed by atoms with E-state index in [0.29, 0.717) is 18.8 Å². The Labute approximate surface area is 183 Å². The number of carbonyl (C=O) groups excluding carboxylic acids is 1. The maximum atomic E-state index is 13.4. The van der Waals surface area contributed by atoms with Gasteiger partial charge in [0.2, 0.25) is 5.88 Å². The second kappa shape index (κ2) is 9.69. The van der Waals surface area contributed by atoms with Crippen LogP contribution in [0.4, 0.5) is 25.0 Å². The Morgan fingerprint density at radius 1 is 1.26 bits per heavy atom. The van der Waals surface area contributed by atoms with Crippen LogP contribution >= 0.6 is 0 Å². The van der Waals surface area contributed by atoms with Crippen LogP contribution in [-0.2, 0) is 11.0 Å². The number of aromatic nitrogens is 1. The molecule has 0 saturated carbocycles. The van der Waals surface area contributed by atoms with Gasteiger partial charge in [0, 0.05) is 30.7 Å². The molecule has 1 fully saturated rings. The lowest BCUT2D eigenvalue weighted by molar-refractivity contribution is -0.0523. The lowest BCUT2D eigenvalue weighted by atomic mass is 9.98. The highest BCUT2D eigenvalue weighted by atomic mass is 32.2. The first-order chi connectivity index (χ1) is 14.7. The predicted molar refractivity (Wildman–Crippen MR) is 117 cm³/mol. The fourth-order valence-corrected chi connectivity index (χ4v) is 4.20. The van der Waals surface area contributed by atoms with Gasteiger partial charge in [-0.15, -0.1) is 0 Å². The van der Waals surface area contributed by atoms with E-state index in [1.54, 1.807) is 28.5 Å². The Morgan fingerprint density at radius 2 is 1.94 bits per heavy atom. The van der Waals surface area contributed by atoms with Gasteiger partial charge in [0.15, 0.2) is 0 Å². The lowest BCUT2D eigenvalue weighted by Crippen LogP contribution is -2.62. The van der Waals surface area contributed by atoms with Gasteiger partial charge in [-0.25, -0.2) is 18.3 Å². The number of nitrogens with zero attached hydrogens (tertiary/aromatic N) is 3. The van der Waals surface area contributed by atoms with Crippen molar-refractivity contribution in [3.8, 4) is 5.88 Å². The lowest BCUT2D eigenvalue weighted by Gasteiger charge is -2.44. The normalized spacial score (nSPS) is 15.6. The van der Waals surface area contributed by atoms with E-state index in [1.165, 1.54) is 6.07 Å². The Hall–Kier alpha value is -2.59. The number of carbonyl (C=O) groups is 1. The molecule has 0 radical (unpaired) electrons. The first kappa shape index (κ1) is 23.1. The van der Waals surface area contributed by atoms with Crippen LogP contribution in [0, 0.1) is 6.92 Å². The third-order valence-electron chi connectivity index (χ3n) is 5.04. The van der Waals surface area contributed by atoms with Crippen molar-refractivity contribution in [3.05, 3.63) is 47.7 Å². The summed E-state index contributed by atoms with van der Waals surface area (Å²) in [6.45, 7) is 3.51. The van der Waals surface area contributed by atoms with E-state index in [2.05, 4.69) is 15.0 Å². The smallest absolute Gasteiger partial charge is 0.388 e. The minimum absolute atomic E-state index is 0.0539. The van der Waals surface area contributed by atoms with E-state index in [-0.39, 0.29) is 23.5 Å². The number of ether oxygens (including phenoxy) is 1. The summed E-state index contributed by atoms with van der Waals surface area (Å²) in [5, 5.41) is 2.67. The maximum Gasteiger partial charge on any atom is 0.388 e. The number of para-hydroxylation sites is 1. The molecule has 1 aliphatic rings. The minimum atomic E-state index is -3.07. The third kappa shape index (κ3) is 5.37. The van der Waals surface area contributed by atoms with Crippen LogP contribution in [0.2, 0.25) is 0 Å². The molecule has 1 aromatic carbocycles. The first-order valence-electron chi connectivity index (χ1n) is 9.87. The van der Waals surface area contributed by atoms with Crippen molar-refractivity contribution in [3.63, 3.8) is 0 Å². The van der Waals surface area contributed by atoms with Crippen LogP contribution in [-0.4, -0.2) is 51.5 Å². The standard InChI is InChI=1S/C21H26F2N4O3S/c1-13(2)16-7-5-6-8-18(16)27(15-11-26(12-15)31(4)29)21(28)25-17-10-9-14(3)24-19(17)30-20(22)23/h5-10,13,15,20H,11-12H2,1-4H3,(H,25,28). The molecule has 31 heavy (non-hydrogen) atoms. The average molecular weight is 453 g/mol. The van der Waals surface area contributed by atoms with Gasteiger partial charge in [0.05, 0.1) is 17.0 Å². The van der Waals surface area contributed by atoms with E-state index in [4.69, 9.17) is 0 Å². The number of hydrogen-bond donors (Lipinski definition) is 1. The number of halogens is 2. The van der Waals surface area contributed by atoms with E-state index in [0.717, 1.165) is 11.3 Å². The van der Waals surface area contributed by atoms with Gasteiger partial charge in [0.25, 0.3) is 0 Å². The fourth-order valence-electron chi connectivity index (χ4n) is 3.43. The molecule has 2 aromatic rings. The number of rotatable bonds is 7. The molecule has 1 unspecified atom stereocenters. The van der Waals surface area contributed by atoms with E-state index >= 15 is 0 Å². The van der Waals surface area contributed by atoms with Gasteiger partial charge in [-0.1, -0.05) is 32.0 Å². The van der Waals surface area contributed by atoms with Gasteiger partial charge in [0.1, 0.15) is 5.69 Å². The quantitative estimate of drug-likeness (QED) is 0.686. The molecule has 1 N–H and O–H groups in total. The number of hydrogen-bond acceptors (Lipinski definition) is 4. The van der Waals surface area contributed by atoms with Crippen molar-refractivity contribution in [2.45, 2.75) is 39.3 Å². The molecule has 2 amide bonds. The van der Waals surface area contributed by atoms with Crippen molar-refractivity contribution < 1.29 is 22.5 Å². The Balaban J connectivity index is 1.94. The topological polar surface area (TPSA) is 74.8 Å². The molecule has 0 spiro atoms. The number of alkyl halides is 2. The van der Waals surface area contributed by atoms with Gasteiger partial charge in [-0.05, 0) is 36.6 Å². The summed E-state index contributed by atoms with van der Waals surface area (Å²) in [5.41, 5.74) is 2.23. The van der Waals surface area contributed by atoms with Crippen LogP contribution in [0.3, 0.4) is 0 Å². The van der Waals surface area contributed by atoms with Crippen LogP contribution in [0.1, 0.15) is 31.0 Å². The maximum absolute atomic E-state index is 13.4. The monoisotopic (exact) mass is 452 g/mol. The molecular formula is C21H26F2N4O3S. The first-order valence-corrected chi connectivity index (χ1v) is 11.4. The van der Waals surface area contributed by atoms with Crippen LogP contribution in [0.15, 0.2) is 36.4 Å². The fraction of sp³-hybridized carbons (Fsp3) is 0.429. The summed E-state index contributed by atoms with van der Waals surface area (Å²) >= 11 is 0. The van der Waals surface area contributed by atoms with Crippen molar-refractivity contribution >= 4 is 28.4 Å². The van der Waals surface area contributed by atoms with Crippen LogP contribution in [0.5, 0.6) is 5.88 Å². The zero-order chi connectivity index (χ0) is 22.7. The summed E-state index contributed by atoms with van der Waals surface area (Å²) in [6, 6.07) is 9.92. The Morgan fingerprint density at radius 3 is 2.55 bits per heavy atom. The Bertz CT molecular complexity index is 967. The van der Waals surface area contributed by atoms with Gasteiger partial charge >= 0.3 is 12.6 Å². The molecule has 3 rings (SSSR count). The number of pyridine rings is 1. The van der Waals surface area contributed by atoms with E-state index < -0.39 is 23.6 Å². The summed E-state index contributed by atoms with van der Waals surface area (Å²) < 4.78 is 43.7. The zero-order valence-corrected chi connectivity index (χ0v) is 18.7. The zero-order valence-electron chi connectivity index (χ0n) is 17.8. The molecule has 168 valence electrons. The van der Waals surface area contributed by atoms with Crippen molar-refractivity contribution in [1.82, 2.24) is 9.29 Å². The molecule has 1 atom stereocenters. The summed E-state index contributed by atoms with van der Waals surface area (Å²) in [6.07, 6.45) is 1.59. The van der Waals surface area contributed by atoms with Crippen LogP contribution < -0.4 is 15.0 Å². The number of urea groups is 1. The minimum Gasteiger partial charge on any atom is -0.415 e. The molecular weight excluding hydrogens is 426 g/mol. The van der Waals surface area contributed by atoms with E-state index in [9.17, 15) is 17.8 Å². The molecule has 0 aliphatic carbocycles. The van der Waals surface area contributed by atoms with Crippen LogP contribution in [0.25, 0.3) is 0 Å². The summed E-state index contributed by atoms with van der Waals surface area (Å²) in [5.74, 6) is -0.188. The van der Waals surface area contributed by atoms with Crippen molar-refractivity contribution in [2.24, 2.45) is 0 Å². The number of nitrogens with one attached hydrogen (secondary N) is 1. The summed E-state index contributed by atoms with van der Waals surface area (Å²) in [7, 11) is -1.13. The predicted octanol–water partition coefficient (Wildman–Crippen LogP) is 4.13. The molecule has 7 nitrogen and oxygen atoms in total. The number of anilines is 2. The molecule has 2 heterocycles. The number of amides is 2. The SMILES string of the molecule is Cc1ccc(NC(=O)N(c2ccccc2C(C)C)C2CN(S(C)=O)C2)c(OC(F)F)n1.